The predicted octanol–water partition coefficient (Wildman–Crippen LogP) is 5.72. The molecule has 2 saturated heterocycles. The van der Waals surface area contributed by atoms with Crippen LogP contribution in [0, 0.1) is 11.7 Å². The van der Waals surface area contributed by atoms with Crippen LogP contribution in [0.2, 0.25) is 5.02 Å². The fraction of sp³-hybridized carbons (Fsp3) is 0.480. The van der Waals surface area contributed by atoms with Gasteiger partial charge in [0.15, 0.2) is 5.16 Å². The molecule has 3 aromatic rings. The second-order valence-corrected chi connectivity index (χ2v) is 12.7. The third kappa shape index (κ3) is 5.25. The van der Waals surface area contributed by atoms with Crippen molar-refractivity contribution in [3.05, 3.63) is 52.8 Å². The first-order valence-corrected chi connectivity index (χ1v) is 14.8. The molecule has 2 aliphatic rings. The maximum absolute atomic E-state index is 14.4. The number of sulfonamides is 1. The van der Waals surface area contributed by atoms with Crippen molar-refractivity contribution in [3.8, 4) is 0 Å². The molecule has 0 spiro atoms. The molecule has 2 aliphatic heterocycles. The standard InChI is InChI=1S/C25H29ClFN3O3S2/c1-17-5-3-11-29(14-17)35(31,32)19-9-10-24-23(13-19)28-25(30(24)15-18-6-4-12-33-18)34-16-20-21(26)7-2-8-22(20)27/h2,7-10,13,17-18H,3-6,11-12,14-16H2,1H3. The molecule has 2 fully saturated rings. The van der Waals surface area contributed by atoms with Crippen LogP contribution < -0.4 is 0 Å². The van der Waals surface area contributed by atoms with Crippen LogP contribution >= 0.6 is 23.4 Å². The fourth-order valence-corrected chi connectivity index (χ4v) is 7.83. The van der Waals surface area contributed by atoms with E-state index in [1.54, 1.807) is 28.6 Å². The van der Waals surface area contributed by atoms with E-state index in [9.17, 15) is 12.8 Å². The van der Waals surface area contributed by atoms with Crippen molar-refractivity contribution in [1.82, 2.24) is 13.9 Å². The van der Waals surface area contributed by atoms with Gasteiger partial charge in [0, 0.05) is 36.0 Å². The molecule has 0 aliphatic carbocycles. The third-order valence-corrected chi connectivity index (χ3v) is 9.98. The molecule has 0 N–H and O–H groups in total. The number of thioether (sulfide) groups is 1. The molecule has 10 heteroatoms. The Bertz CT molecular complexity index is 1300. The molecular formula is C25H29ClFN3O3S2. The summed E-state index contributed by atoms with van der Waals surface area (Å²) in [6, 6.07) is 9.83. The summed E-state index contributed by atoms with van der Waals surface area (Å²) in [7, 11) is -3.59. The van der Waals surface area contributed by atoms with Gasteiger partial charge in [-0.25, -0.2) is 17.8 Å². The zero-order valence-corrected chi connectivity index (χ0v) is 22.0. The predicted molar refractivity (Wildman–Crippen MR) is 137 cm³/mol. The minimum Gasteiger partial charge on any atom is -0.376 e. The summed E-state index contributed by atoms with van der Waals surface area (Å²) in [5.74, 6) is 0.314. The Morgan fingerprint density at radius 1 is 1.23 bits per heavy atom. The van der Waals surface area contributed by atoms with Gasteiger partial charge in [-0.3, -0.25) is 0 Å². The van der Waals surface area contributed by atoms with Crippen LogP contribution in [0.25, 0.3) is 11.0 Å². The van der Waals surface area contributed by atoms with E-state index in [0.717, 1.165) is 37.8 Å². The van der Waals surface area contributed by atoms with Crippen LogP contribution in [-0.2, 0) is 27.1 Å². The molecule has 2 aromatic carbocycles. The van der Waals surface area contributed by atoms with Gasteiger partial charge in [-0.05, 0) is 61.9 Å². The molecule has 0 amide bonds. The molecule has 3 heterocycles. The van der Waals surface area contributed by atoms with Crippen molar-refractivity contribution < 1.29 is 17.5 Å². The zero-order valence-electron chi connectivity index (χ0n) is 19.6. The average Bonchev–Trinajstić information content (AvgIpc) is 3.47. The second-order valence-electron chi connectivity index (χ2n) is 9.39. The van der Waals surface area contributed by atoms with E-state index in [-0.39, 0.29) is 16.8 Å². The monoisotopic (exact) mass is 537 g/mol. The molecule has 2 atom stereocenters. The lowest BCUT2D eigenvalue weighted by Crippen LogP contribution is -2.39. The zero-order chi connectivity index (χ0) is 24.6. The number of piperidine rings is 1. The van der Waals surface area contributed by atoms with E-state index in [4.69, 9.17) is 21.3 Å². The first kappa shape index (κ1) is 25.0. The van der Waals surface area contributed by atoms with Gasteiger partial charge in [0.25, 0.3) is 0 Å². The fourth-order valence-electron chi connectivity index (χ4n) is 4.85. The van der Waals surface area contributed by atoms with E-state index in [1.807, 2.05) is 6.07 Å². The van der Waals surface area contributed by atoms with Gasteiger partial charge < -0.3 is 9.30 Å². The number of benzene rings is 2. The Hall–Kier alpha value is -1.65. The summed E-state index contributed by atoms with van der Waals surface area (Å²) in [6.07, 6.45) is 3.97. The van der Waals surface area contributed by atoms with Crippen LogP contribution in [0.5, 0.6) is 0 Å². The van der Waals surface area contributed by atoms with Crippen LogP contribution in [0.4, 0.5) is 4.39 Å². The van der Waals surface area contributed by atoms with Crippen molar-refractivity contribution in [3.63, 3.8) is 0 Å². The number of fused-ring (bicyclic) bond motifs is 1. The van der Waals surface area contributed by atoms with Gasteiger partial charge in [0.05, 0.1) is 28.6 Å². The molecular weight excluding hydrogens is 509 g/mol. The van der Waals surface area contributed by atoms with Crippen molar-refractivity contribution >= 4 is 44.4 Å². The first-order chi connectivity index (χ1) is 16.8. The highest BCUT2D eigenvalue weighted by atomic mass is 35.5. The van der Waals surface area contributed by atoms with E-state index in [0.29, 0.717) is 52.6 Å². The van der Waals surface area contributed by atoms with Gasteiger partial charge in [0.2, 0.25) is 10.0 Å². The Morgan fingerprint density at radius 2 is 2.09 bits per heavy atom. The topological polar surface area (TPSA) is 64.4 Å². The summed E-state index contributed by atoms with van der Waals surface area (Å²) in [5.41, 5.74) is 1.88. The molecule has 0 radical (unpaired) electrons. The smallest absolute Gasteiger partial charge is 0.243 e. The largest absolute Gasteiger partial charge is 0.376 e. The van der Waals surface area contributed by atoms with Crippen LogP contribution in [0.15, 0.2) is 46.5 Å². The Kier molecular flexibility index (Phi) is 7.42. The summed E-state index contributed by atoms with van der Waals surface area (Å²) < 4.78 is 50.5. The summed E-state index contributed by atoms with van der Waals surface area (Å²) in [5, 5.41) is 1.07. The summed E-state index contributed by atoms with van der Waals surface area (Å²) in [4.78, 5) is 5.04. The lowest BCUT2D eigenvalue weighted by molar-refractivity contribution is 0.0960. The minimum absolute atomic E-state index is 0.0713. The quantitative estimate of drug-likeness (QED) is 0.361. The number of halogens is 2. The highest BCUT2D eigenvalue weighted by Crippen LogP contribution is 2.33. The lowest BCUT2D eigenvalue weighted by Gasteiger charge is -2.30. The number of imidazole rings is 1. The summed E-state index contributed by atoms with van der Waals surface area (Å²) >= 11 is 7.63. The Labute approximate surface area is 214 Å². The molecule has 0 bridgehead atoms. The SMILES string of the molecule is CC1CCCN(S(=O)(=O)c2ccc3c(c2)nc(SCc2c(F)cccc2Cl)n3CC2CCCO2)C1. The molecule has 5 rings (SSSR count). The lowest BCUT2D eigenvalue weighted by atomic mass is 10.0. The normalized spacial score (nSPS) is 21.7. The molecule has 2 unspecified atom stereocenters. The van der Waals surface area contributed by atoms with Gasteiger partial charge in [-0.15, -0.1) is 0 Å². The van der Waals surface area contributed by atoms with E-state index in [1.165, 1.54) is 17.8 Å². The molecule has 0 saturated carbocycles. The highest BCUT2D eigenvalue weighted by Gasteiger charge is 2.29. The Balaban J connectivity index is 1.49. The van der Waals surface area contributed by atoms with Crippen molar-refractivity contribution in [2.24, 2.45) is 5.92 Å². The maximum atomic E-state index is 14.4. The minimum atomic E-state index is -3.59. The van der Waals surface area contributed by atoms with Crippen LogP contribution in [-0.4, -0.2) is 48.1 Å². The van der Waals surface area contributed by atoms with E-state index < -0.39 is 10.0 Å². The number of hydrogen-bond acceptors (Lipinski definition) is 5. The first-order valence-electron chi connectivity index (χ1n) is 12.0. The molecule has 188 valence electrons. The second kappa shape index (κ2) is 10.4. The van der Waals surface area contributed by atoms with Gasteiger partial charge in [0.1, 0.15) is 5.82 Å². The van der Waals surface area contributed by atoms with E-state index >= 15 is 0 Å². The number of aromatic nitrogens is 2. The van der Waals surface area contributed by atoms with Crippen LogP contribution in [0.3, 0.4) is 0 Å². The van der Waals surface area contributed by atoms with Crippen molar-refractivity contribution in [1.29, 1.82) is 0 Å². The van der Waals surface area contributed by atoms with Gasteiger partial charge >= 0.3 is 0 Å². The molecule has 6 nitrogen and oxygen atoms in total. The number of ether oxygens (including phenoxy) is 1. The molecule has 1 aromatic heterocycles. The number of nitrogens with zero attached hydrogens (tertiary/aromatic N) is 3. The van der Waals surface area contributed by atoms with Crippen molar-refractivity contribution in [2.75, 3.05) is 19.7 Å². The van der Waals surface area contributed by atoms with Gasteiger partial charge in [-0.2, -0.15) is 4.31 Å². The average molecular weight is 538 g/mol. The summed E-state index contributed by atoms with van der Waals surface area (Å²) in [6.45, 7) is 4.52. The van der Waals surface area contributed by atoms with Crippen molar-refractivity contribution in [2.45, 2.75) is 61.1 Å². The van der Waals surface area contributed by atoms with Gasteiger partial charge in [-0.1, -0.05) is 36.4 Å². The van der Waals surface area contributed by atoms with E-state index in [2.05, 4.69) is 11.5 Å². The highest BCUT2D eigenvalue weighted by molar-refractivity contribution is 7.98. The Morgan fingerprint density at radius 3 is 2.83 bits per heavy atom. The third-order valence-electron chi connectivity index (χ3n) is 6.76. The van der Waals surface area contributed by atoms with Crippen LogP contribution in [0.1, 0.15) is 38.2 Å². The maximum Gasteiger partial charge on any atom is 0.243 e. The number of hydrogen-bond donors (Lipinski definition) is 0. The molecule has 35 heavy (non-hydrogen) atoms. The number of rotatable bonds is 7.